The van der Waals surface area contributed by atoms with Crippen molar-refractivity contribution in [3.63, 3.8) is 0 Å². The first kappa shape index (κ1) is 18.2. The number of hydrogen-bond acceptors (Lipinski definition) is 4. The van der Waals surface area contributed by atoms with Crippen LogP contribution in [0.4, 0.5) is 5.69 Å². The van der Waals surface area contributed by atoms with Gasteiger partial charge in [-0.25, -0.2) is 5.43 Å². The van der Waals surface area contributed by atoms with E-state index in [-0.39, 0.29) is 24.8 Å². The van der Waals surface area contributed by atoms with E-state index in [2.05, 4.69) is 15.8 Å². The molecule has 0 aliphatic heterocycles. The number of nitrogens with zero attached hydrogens (tertiary/aromatic N) is 1. The second kappa shape index (κ2) is 9.22. The molecule has 0 aliphatic carbocycles. The van der Waals surface area contributed by atoms with E-state index >= 15 is 0 Å². The van der Waals surface area contributed by atoms with Crippen LogP contribution in [0.3, 0.4) is 0 Å². The van der Waals surface area contributed by atoms with Crippen molar-refractivity contribution in [2.45, 2.75) is 20.3 Å². The molecule has 130 valence electrons. The highest BCUT2D eigenvalue weighted by atomic mass is 16.5. The van der Waals surface area contributed by atoms with Crippen LogP contribution in [-0.4, -0.2) is 24.1 Å². The molecule has 6 nitrogen and oxygen atoms in total. The van der Waals surface area contributed by atoms with E-state index in [9.17, 15) is 9.59 Å². The van der Waals surface area contributed by atoms with Gasteiger partial charge < -0.3 is 10.1 Å². The number of ether oxygens (including phenoxy) is 1. The standard InChI is InChI=1S/C19H21N3O3/c1-14-8-6-7-11-17(14)25-13-19(24)22-21-15(2)12-18(23)20-16-9-4-3-5-10-16/h3-11H,12-13H2,1-2H3,(H,20,23)(H,22,24)/b21-15-. The molecule has 0 aliphatic rings. The smallest absolute Gasteiger partial charge is 0.277 e. The SMILES string of the molecule is C/C(CC(=O)Nc1ccccc1)=N/NC(=O)COc1ccccc1C. The van der Waals surface area contributed by atoms with Crippen molar-refractivity contribution in [2.75, 3.05) is 11.9 Å². The minimum absolute atomic E-state index is 0.0911. The van der Waals surface area contributed by atoms with Gasteiger partial charge in [-0.3, -0.25) is 9.59 Å². The maximum Gasteiger partial charge on any atom is 0.277 e. The van der Waals surface area contributed by atoms with Gasteiger partial charge in [0.15, 0.2) is 6.61 Å². The van der Waals surface area contributed by atoms with Crippen LogP contribution in [0.5, 0.6) is 5.75 Å². The van der Waals surface area contributed by atoms with Crippen LogP contribution in [0, 0.1) is 6.92 Å². The maximum atomic E-state index is 11.9. The van der Waals surface area contributed by atoms with E-state index < -0.39 is 0 Å². The summed E-state index contributed by atoms with van der Waals surface area (Å²) in [6.07, 6.45) is 0.0911. The fourth-order valence-corrected chi connectivity index (χ4v) is 2.05. The molecule has 6 heteroatoms. The van der Waals surface area contributed by atoms with Crippen molar-refractivity contribution in [3.05, 3.63) is 60.2 Å². The third-order valence-corrected chi connectivity index (χ3v) is 3.30. The Kier molecular flexibility index (Phi) is 6.71. The molecule has 0 atom stereocenters. The van der Waals surface area contributed by atoms with E-state index in [1.54, 1.807) is 25.1 Å². The molecule has 2 rings (SSSR count). The van der Waals surface area contributed by atoms with Crippen molar-refractivity contribution in [1.29, 1.82) is 0 Å². The van der Waals surface area contributed by atoms with E-state index in [1.807, 2.05) is 43.3 Å². The number of carbonyl (C=O) groups excluding carboxylic acids is 2. The summed E-state index contributed by atoms with van der Waals surface area (Å²) in [5, 5.41) is 6.67. The Labute approximate surface area is 146 Å². The van der Waals surface area contributed by atoms with Crippen molar-refractivity contribution in [1.82, 2.24) is 5.43 Å². The highest BCUT2D eigenvalue weighted by Crippen LogP contribution is 2.15. The summed E-state index contributed by atoms with van der Waals surface area (Å²) in [5.41, 5.74) is 4.55. The van der Waals surface area contributed by atoms with Gasteiger partial charge in [-0.1, -0.05) is 36.4 Å². The Morgan fingerprint density at radius 2 is 1.68 bits per heavy atom. The van der Waals surface area contributed by atoms with Crippen LogP contribution in [0.2, 0.25) is 0 Å². The van der Waals surface area contributed by atoms with Gasteiger partial charge in [-0.2, -0.15) is 5.10 Å². The Hall–Kier alpha value is -3.15. The second-order valence-corrected chi connectivity index (χ2v) is 5.53. The summed E-state index contributed by atoms with van der Waals surface area (Å²) in [4.78, 5) is 23.7. The maximum absolute atomic E-state index is 11.9. The lowest BCUT2D eigenvalue weighted by atomic mass is 10.2. The van der Waals surface area contributed by atoms with Crippen LogP contribution in [0.15, 0.2) is 59.7 Å². The molecular formula is C19H21N3O3. The molecule has 0 spiro atoms. The van der Waals surface area contributed by atoms with Crippen molar-refractivity contribution >= 4 is 23.2 Å². The quantitative estimate of drug-likeness (QED) is 0.601. The third-order valence-electron chi connectivity index (χ3n) is 3.30. The lowest BCUT2D eigenvalue weighted by Gasteiger charge is -2.08. The van der Waals surface area contributed by atoms with Crippen molar-refractivity contribution < 1.29 is 14.3 Å². The van der Waals surface area contributed by atoms with Crippen LogP contribution in [0.1, 0.15) is 18.9 Å². The number of rotatable bonds is 7. The molecule has 0 fully saturated rings. The van der Waals surface area contributed by atoms with Crippen LogP contribution < -0.4 is 15.5 Å². The number of hydrogen-bond donors (Lipinski definition) is 2. The summed E-state index contributed by atoms with van der Waals surface area (Å²) in [6, 6.07) is 16.6. The summed E-state index contributed by atoms with van der Waals surface area (Å²) in [5.74, 6) is 0.0736. The van der Waals surface area contributed by atoms with Gasteiger partial charge in [0.05, 0.1) is 6.42 Å². The Bertz CT molecular complexity index is 758. The monoisotopic (exact) mass is 339 g/mol. The molecular weight excluding hydrogens is 318 g/mol. The molecule has 0 bridgehead atoms. The molecule has 0 saturated heterocycles. The predicted octanol–water partition coefficient (Wildman–Crippen LogP) is 2.89. The van der Waals surface area contributed by atoms with Crippen LogP contribution in [0.25, 0.3) is 0 Å². The minimum atomic E-state index is -0.383. The van der Waals surface area contributed by atoms with Gasteiger partial charge in [0, 0.05) is 11.4 Å². The molecule has 0 radical (unpaired) electrons. The van der Waals surface area contributed by atoms with Crippen molar-refractivity contribution in [2.24, 2.45) is 5.10 Å². The summed E-state index contributed by atoms with van der Waals surface area (Å²) < 4.78 is 5.43. The number of para-hydroxylation sites is 2. The molecule has 2 N–H and O–H groups in total. The highest BCUT2D eigenvalue weighted by Gasteiger charge is 2.06. The number of anilines is 1. The molecule has 0 heterocycles. The van der Waals surface area contributed by atoms with E-state index in [0.717, 1.165) is 11.3 Å². The fraction of sp³-hybridized carbons (Fsp3) is 0.211. The average Bonchev–Trinajstić information content (AvgIpc) is 2.60. The molecule has 0 aromatic heterocycles. The van der Waals surface area contributed by atoms with E-state index in [1.165, 1.54) is 0 Å². The molecule has 2 amide bonds. The minimum Gasteiger partial charge on any atom is -0.483 e. The first-order valence-electron chi connectivity index (χ1n) is 7.90. The first-order valence-corrected chi connectivity index (χ1v) is 7.90. The Balaban J connectivity index is 1.75. The third kappa shape index (κ3) is 6.47. The first-order chi connectivity index (χ1) is 12.0. The predicted molar refractivity (Wildman–Crippen MR) is 97.6 cm³/mol. The Morgan fingerprint density at radius 1 is 1.00 bits per heavy atom. The zero-order valence-electron chi connectivity index (χ0n) is 14.3. The van der Waals surface area contributed by atoms with Gasteiger partial charge in [0.25, 0.3) is 5.91 Å². The molecule has 2 aromatic rings. The van der Waals surface area contributed by atoms with Crippen molar-refractivity contribution in [3.8, 4) is 5.75 Å². The lowest BCUT2D eigenvalue weighted by molar-refractivity contribution is -0.123. The van der Waals surface area contributed by atoms with Crippen LogP contribution >= 0.6 is 0 Å². The van der Waals surface area contributed by atoms with E-state index in [4.69, 9.17) is 4.74 Å². The summed E-state index contributed by atoms with van der Waals surface area (Å²) >= 11 is 0. The lowest BCUT2D eigenvalue weighted by Crippen LogP contribution is -2.26. The second-order valence-electron chi connectivity index (χ2n) is 5.53. The highest BCUT2D eigenvalue weighted by molar-refractivity contribution is 6.05. The summed E-state index contributed by atoms with van der Waals surface area (Å²) in [6.45, 7) is 3.44. The van der Waals surface area contributed by atoms with Gasteiger partial charge >= 0.3 is 0 Å². The number of nitrogens with one attached hydrogen (secondary N) is 2. The number of amides is 2. The zero-order valence-corrected chi connectivity index (χ0v) is 14.3. The normalized spacial score (nSPS) is 10.9. The number of aryl methyl sites for hydroxylation is 1. The van der Waals surface area contributed by atoms with Gasteiger partial charge in [0.1, 0.15) is 5.75 Å². The topological polar surface area (TPSA) is 79.8 Å². The molecule has 0 unspecified atom stereocenters. The number of hydrazone groups is 1. The number of benzene rings is 2. The summed E-state index contributed by atoms with van der Waals surface area (Å²) in [7, 11) is 0. The largest absolute Gasteiger partial charge is 0.483 e. The number of carbonyl (C=O) groups is 2. The molecule has 25 heavy (non-hydrogen) atoms. The van der Waals surface area contributed by atoms with E-state index in [0.29, 0.717) is 11.5 Å². The van der Waals surface area contributed by atoms with Gasteiger partial charge in [0.2, 0.25) is 5.91 Å². The van der Waals surface area contributed by atoms with Gasteiger partial charge in [-0.15, -0.1) is 0 Å². The van der Waals surface area contributed by atoms with Gasteiger partial charge in [-0.05, 0) is 37.6 Å². The average molecular weight is 339 g/mol. The Morgan fingerprint density at radius 3 is 2.40 bits per heavy atom. The molecule has 2 aromatic carbocycles. The van der Waals surface area contributed by atoms with Crippen LogP contribution in [-0.2, 0) is 9.59 Å². The fourth-order valence-electron chi connectivity index (χ4n) is 2.05. The molecule has 0 saturated carbocycles. The zero-order chi connectivity index (χ0) is 18.1.